The molecule has 2 rings (SSSR count). The summed E-state index contributed by atoms with van der Waals surface area (Å²) in [7, 11) is 0. The lowest BCUT2D eigenvalue weighted by Gasteiger charge is -2.31. The average Bonchev–Trinajstić information content (AvgIpc) is 2.47. The Balaban J connectivity index is 2.09. The number of halogens is 2. The third kappa shape index (κ3) is 4.38. The van der Waals surface area contributed by atoms with Crippen LogP contribution in [-0.2, 0) is 6.42 Å². The van der Waals surface area contributed by atoms with Crippen LogP contribution < -0.4 is 5.32 Å². The molecule has 0 bridgehead atoms. The topological polar surface area (TPSA) is 12.0 Å². The van der Waals surface area contributed by atoms with Crippen molar-refractivity contribution < 1.29 is 0 Å². The molecule has 1 fully saturated rings. The predicted molar refractivity (Wildman–Crippen MR) is 88.8 cm³/mol. The zero-order valence-corrected chi connectivity index (χ0v) is 13.8. The van der Waals surface area contributed by atoms with Gasteiger partial charge in [-0.05, 0) is 55.8 Å². The molecule has 1 N–H and O–H groups in total. The molecule has 1 aliphatic rings. The Labute approximate surface area is 133 Å². The lowest BCUT2D eigenvalue weighted by atomic mass is 9.81. The van der Waals surface area contributed by atoms with Crippen LogP contribution in [0.25, 0.3) is 0 Å². The van der Waals surface area contributed by atoms with Crippen molar-refractivity contribution in [3.63, 3.8) is 0 Å². The van der Waals surface area contributed by atoms with E-state index in [1.54, 1.807) is 0 Å². The van der Waals surface area contributed by atoms with Crippen molar-refractivity contribution in [1.82, 2.24) is 5.32 Å². The maximum Gasteiger partial charge on any atom is 0.0453 e. The Kier molecular flexibility index (Phi) is 6.67. The molecule has 1 saturated carbocycles. The van der Waals surface area contributed by atoms with Crippen LogP contribution in [0.3, 0.4) is 0 Å². The van der Waals surface area contributed by atoms with Crippen molar-refractivity contribution in [2.24, 2.45) is 5.92 Å². The van der Waals surface area contributed by atoms with Crippen LogP contribution in [0, 0.1) is 5.92 Å². The third-order valence-corrected chi connectivity index (χ3v) is 5.07. The average molecular weight is 314 g/mol. The number of rotatable bonds is 6. The highest BCUT2D eigenvalue weighted by atomic mass is 35.5. The van der Waals surface area contributed by atoms with Crippen molar-refractivity contribution in [2.75, 3.05) is 6.54 Å². The minimum absolute atomic E-state index is 0.507. The summed E-state index contributed by atoms with van der Waals surface area (Å²) in [5, 5.41) is 5.33. The molecule has 112 valence electrons. The number of benzene rings is 1. The van der Waals surface area contributed by atoms with Gasteiger partial charge in [0.2, 0.25) is 0 Å². The van der Waals surface area contributed by atoms with E-state index in [1.165, 1.54) is 38.5 Å². The van der Waals surface area contributed by atoms with E-state index < -0.39 is 0 Å². The first-order valence-corrected chi connectivity index (χ1v) is 8.64. The maximum absolute atomic E-state index is 6.33. The molecule has 0 heterocycles. The molecular weight excluding hydrogens is 289 g/mol. The Morgan fingerprint density at radius 2 is 1.80 bits per heavy atom. The van der Waals surface area contributed by atoms with Crippen LogP contribution in [0.1, 0.15) is 51.0 Å². The molecular formula is C17H25Cl2N. The first-order valence-electron chi connectivity index (χ1n) is 7.88. The SMILES string of the molecule is CCCNC(Cc1c(Cl)cccc1Cl)C1CCCCC1. The standard InChI is InChI=1S/C17H25Cl2N/c1-2-11-20-17(13-7-4-3-5-8-13)12-14-15(18)9-6-10-16(14)19/h6,9-10,13,17,20H,2-5,7-8,11-12H2,1H3. The van der Waals surface area contributed by atoms with Gasteiger partial charge in [-0.1, -0.05) is 55.5 Å². The molecule has 1 unspecified atom stereocenters. The van der Waals surface area contributed by atoms with Gasteiger partial charge in [0.05, 0.1) is 0 Å². The summed E-state index contributed by atoms with van der Waals surface area (Å²) in [5.74, 6) is 0.766. The summed E-state index contributed by atoms with van der Waals surface area (Å²) in [5.41, 5.74) is 1.11. The van der Waals surface area contributed by atoms with Gasteiger partial charge in [0, 0.05) is 16.1 Å². The second kappa shape index (κ2) is 8.26. The Morgan fingerprint density at radius 3 is 2.40 bits per heavy atom. The molecule has 1 aromatic rings. The summed E-state index contributed by atoms with van der Waals surface area (Å²) < 4.78 is 0. The molecule has 1 aliphatic carbocycles. The van der Waals surface area contributed by atoms with Crippen molar-refractivity contribution in [2.45, 2.75) is 57.9 Å². The van der Waals surface area contributed by atoms with E-state index in [0.717, 1.165) is 34.5 Å². The van der Waals surface area contributed by atoms with Gasteiger partial charge in [0.1, 0.15) is 0 Å². The van der Waals surface area contributed by atoms with Gasteiger partial charge in [-0.3, -0.25) is 0 Å². The molecule has 20 heavy (non-hydrogen) atoms. The van der Waals surface area contributed by atoms with E-state index >= 15 is 0 Å². The number of nitrogens with one attached hydrogen (secondary N) is 1. The largest absolute Gasteiger partial charge is 0.313 e. The summed E-state index contributed by atoms with van der Waals surface area (Å²) in [4.78, 5) is 0. The quantitative estimate of drug-likeness (QED) is 0.732. The Hall–Kier alpha value is -0.240. The molecule has 0 aliphatic heterocycles. The normalized spacial score (nSPS) is 18.1. The fourth-order valence-electron chi connectivity index (χ4n) is 3.22. The second-order valence-corrected chi connectivity index (χ2v) is 6.68. The van der Waals surface area contributed by atoms with Crippen molar-refractivity contribution in [3.8, 4) is 0 Å². The van der Waals surface area contributed by atoms with Gasteiger partial charge in [-0.25, -0.2) is 0 Å². The molecule has 0 amide bonds. The van der Waals surface area contributed by atoms with Gasteiger partial charge >= 0.3 is 0 Å². The minimum Gasteiger partial charge on any atom is -0.313 e. The Morgan fingerprint density at radius 1 is 1.15 bits per heavy atom. The first-order chi connectivity index (χ1) is 9.72. The second-order valence-electron chi connectivity index (χ2n) is 5.86. The summed E-state index contributed by atoms with van der Waals surface area (Å²) >= 11 is 12.7. The van der Waals surface area contributed by atoms with Gasteiger partial charge < -0.3 is 5.32 Å². The first kappa shape index (κ1) is 16.1. The monoisotopic (exact) mass is 313 g/mol. The van der Waals surface area contributed by atoms with Crippen molar-refractivity contribution >= 4 is 23.2 Å². The molecule has 0 radical (unpaired) electrons. The highest BCUT2D eigenvalue weighted by Gasteiger charge is 2.24. The highest BCUT2D eigenvalue weighted by molar-refractivity contribution is 6.36. The van der Waals surface area contributed by atoms with Gasteiger partial charge in [-0.15, -0.1) is 0 Å². The smallest absolute Gasteiger partial charge is 0.0453 e. The zero-order valence-electron chi connectivity index (χ0n) is 12.3. The van der Waals surface area contributed by atoms with Crippen LogP contribution in [0.4, 0.5) is 0 Å². The molecule has 0 aromatic heterocycles. The minimum atomic E-state index is 0.507. The van der Waals surface area contributed by atoms with Gasteiger partial charge in [0.15, 0.2) is 0 Å². The lowest BCUT2D eigenvalue weighted by Crippen LogP contribution is -2.39. The fourth-order valence-corrected chi connectivity index (χ4v) is 3.77. The van der Waals surface area contributed by atoms with E-state index in [-0.39, 0.29) is 0 Å². The van der Waals surface area contributed by atoms with E-state index in [9.17, 15) is 0 Å². The predicted octanol–water partition coefficient (Wildman–Crippen LogP) is 5.48. The molecule has 0 saturated heterocycles. The molecule has 1 aromatic carbocycles. The van der Waals surface area contributed by atoms with Crippen LogP contribution >= 0.6 is 23.2 Å². The summed E-state index contributed by atoms with van der Waals surface area (Å²) in [6.45, 7) is 3.29. The Bertz CT molecular complexity index is 393. The fraction of sp³-hybridized carbons (Fsp3) is 0.647. The summed E-state index contributed by atoms with van der Waals surface area (Å²) in [6, 6.07) is 6.32. The van der Waals surface area contributed by atoms with Gasteiger partial charge in [0.25, 0.3) is 0 Å². The van der Waals surface area contributed by atoms with Crippen LogP contribution in [0.2, 0.25) is 10.0 Å². The van der Waals surface area contributed by atoms with Crippen molar-refractivity contribution in [1.29, 1.82) is 0 Å². The van der Waals surface area contributed by atoms with E-state index in [4.69, 9.17) is 23.2 Å². The van der Waals surface area contributed by atoms with E-state index in [1.807, 2.05) is 18.2 Å². The van der Waals surface area contributed by atoms with Gasteiger partial charge in [-0.2, -0.15) is 0 Å². The number of hydrogen-bond acceptors (Lipinski definition) is 1. The third-order valence-electron chi connectivity index (χ3n) is 4.36. The highest BCUT2D eigenvalue weighted by Crippen LogP contribution is 2.31. The van der Waals surface area contributed by atoms with E-state index in [2.05, 4.69) is 12.2 Å². The molecule has 1 nitrogen and oxygen atoms in total. The molecule has 1 atom stereocenters. The van der Waals surface area contributed by atoms with Crippen molar-refractivity contribution in [3.05, 3.63) is 33.8 Å². The zero-order chi connectivity index (χ0) is 14.4. The molecule has 3 heteroatoms. The lowest BCUT2D eigenvalue weighted by molar-refractivity contribution is 0.267. The van der Waals surface area contributed by atoms with Crippen LogP contribution in [-0.4, -0.2) is 12.6 Å². The summed E-state index contributed by atoms with van der Waals surface area (Å²) in [6.07, 6.45) is 8.91. The maximum atomic E-state index is 6.33. The van der Waals surface area contributed by atoms with Crippen LogP contribution in [0.5, 0.6) is 0 Å². The van der Waals surface area contributed by atoms with Crippen LogP contribution in [0.15, 0.2) is 18.2 Å². The molecule has 0 spiro atoms. The van der Waals surface area contributed by atoms with E-state index in [0.29, 0.717) is 6.04 Å². The number of hydrogen-bond donors (Lipinski definition) is 1.